The zero-order chi connectivity index (χ0) is 8.27. The van der Waals surface area contributed by atoms with Crippen LogP contribution >= 0.6 is 11.6 Å². The molecule has 1 aromatic carbocycles. The fourth-order valence-corrected chi connectivity index (χ4v) is 1.03. The molecule has 0 N–H and O–H groups in total. The minimum absolute atomic E-state index is 0.213. The molecule has 60 valence electrons. The Morgan fingerprint density at radius 3 is 2.36 bits per heavy atom. The van der Waals surface area contributed by atoms with Gasteiger partial charge in [0.15, 0.2) is 0 Å². The number of hydrogen-bond donors (Lipinski definition) is 0. The van der Waals surface area contributed by atoms with E-state index in [-0.39, 0.29) is 5.88 Å². The van der Waals surface area contributed by atoms with Crippen LogP contribution in [0.5, 0.6) is 0 Å². The van der Waals surface area contributed by atoms with Gasteiger partial charge in [0.05, 0.1) is 0 Å². The molecule has 0 radical (unpaired) electrons. The first-order chi connectivity index (χ1) is 5.26. The van der Waals surface area contributed by atoms with Crippen molar-refractivity contribution in [1.29, 1.82) is 0 Å². The van der Waals surface area contributed by atoms with Gasteiger partial charge in [-0.3, -0.25) is 0 Å². The molecule has 0 atom stereocenters. The Bertz CT molecular complexity index is 226. The maximum atomic E-state index is 12.6. The maximum Gasteiger partial charge on any atom is 0.123 e. The van der Waals surface area contributed by atoms with Gasteiger partial charge in [0, 0.05) is 5.88 Å². The highest BCUT2D eigenvalue weighted by atomic mass is 35.5. The third kappa shape index (κ3) is 2.15. The van der Waals surface area contributed by atoms with Gasteiger partial charge in [-0.05, 0) is 23.3 Å². The molecule has 1 aromatic rings. The van der Waals surface area contributed by atoms with E-state index in [1.807, 2.05) is 0 Å². The fraction of sp³-hybridized carbons (Fsp3) is 0.250. The van der Waals surface area contributed by atoms with Crippen molar-refractivity contribution in [1.82, 2.24) is 0 Å². The minimum Gasteiger partial charge on any atom is -0.246 e. The summed E-state index contributed by atoms with van der Waals surface area (Å²) < 4.78 is 24.6. The molecular weight excluding hydrogens is 170 g/mol. The lowest BCUT2D eigenvalue weighted by atomic mass is 10.1. The summed E-state index contributed by atoms with van der Waals surface area (Å²) in [5.74, 6) is -0.221. The molecule has 0 aliphatic carbocycles. The van der Waals surface area contributed by atoms with E-state index in [1.165, 1.54) is 6.07 Å². The molecule has 0 unspecified atom stereocenters. The second kappa shape index (κ2) is 3.67. The summed E-state index contributed by atoms with van der Waals surface area (Å²) in [6.45, 7) is -0.651. The first-order valence-electron chi connectivity index (χ1n) is 3.16. The van der Waals surface area contributed by atoms with E-state index in [1.54, 1.807) is 6.07 Å². The molecule has 0 saturated heterocycles. The van der Waals surface area contributed by atoms with E-state index in [9.17, 15) is 8.78 Å². The quantitative estimate of drug-likeness (QED) is 0.608. The predicted molar refractivity (Wildman–Crippen MR) is 40.8 cm³/mol. The van der Waals surface area contributed by atoms with E-state index in [0.717, 1.165) is 6.07 Å². The molecule has 0 saturated carbocycles. The number of halogens is 3. The topological polar surface area (TPSA) is 0 Å². The van der Waals surface area contributed by atoms with Crippen LogP contribution in [0.15, 0.2) is 18.2 Å². The summed E-state index contributed by atoms with van der Waals surface area (Å²) in [5.41, 5.74) is 0.944. The van der Waals surface area contributed by atoms with Crippen LogP contribution in [0.3, 0.4) is 0 Å². The third-order valence-corrected chi connectivity index (χ3v) is 1.63. The lowest BCUT2D eigenvalue weighted by Gasteiger charge is -1.98. The second-order valence-corrected chi connectivity index (χ2v) is 2.50. The number of benzene rings is 1. The van der Waals surface area contributed by atoms with E-state index in [0.29, 0.717) is 11.1 Å². The number of alkyl halides is 2. The normalized spacial score (nSPS) is 10.1. The molecule has 0 aromatic heterocycles. The molecule has 0 nitrogen and oxygen atoms in total. The summed E-state index contributed by atoms with van der Waals surface area (Å²) in [6.07, 6.45) is 0. The highest BCUT2D eigenvalue weighted by Crippen LogP contribution is 2.11. The van der Waals surface area contributed by atoms with Crippen LogP contribution in [-0.4, -0.2) is 0 Å². The zero-order valence-corrected chi connectivity index (χ0v) is 6.54. The summed E-state index contributed by atoms with van der Waals surface area (Å²) in [4.78, 5) is 0. The highest BCUT2D eigenvalue weighted by Gasteiger charge is 1.98. The Morgan fingerprint density at radius 1 is 1.18 bits per heavy atom. The zero-order valence-electron chi connectivity index (χ0n) is 5.78. The molecule has 0 heterocycles. The first-order valence-corrected chi connectivity index (χ1v) is 3.70. The van der Waals surface area contributed by atoms with Crippen molar-refractivity contribution in [2.45, 2.75) is 12.6 Å². The Balaban J connectivity index is 3.02. The van der Waals surface area contributed by atoms with Crippen LogP contribution in [0.4, 0.5) is 8.78 Å². The summed E-state index contributed by atoms with van der Waals surface area (Å²) >= 11 is 5.44. The van der Waals surface area contributed by atoms with Gasteiger partial charge < -0.3 is 0 Å². The molecule has 0 amide bonds. The van der Waals surface area contributed by atoms with Crippen molar-refractivity contribution in [2.75, 3.05) is 0 Å². The highest BCUT2D eigenvalue weighted by molar-refractivity contribution is 6.17. The van der Waals surface area contributed by atoms with Gasteiger partial charge in [-0.15, -0.1) is 11.6 Å². The van der Waals surface area contributed by atoms with Gasteiger partial charge in [-0.2, -0.15) is 0 Å². The van der Waals surface area contributed by atoms with Crippen molar-refractivity contribution >= 4 is 11.6 Å². The van der Waals surface area contributed by atoms with Gasteiger partial charge in [0.25, 0.3) is 0 Å². The Kier molecular flexibility index (Phi) is 2.83. The van der Waals surface area contributed by atoms with Crippen molar-refractivity contribution in [3.63, 3.8) is 0 Å². The van der Waals surface area contributed by atoms with Gasteiger partial charge >= 0.3 is 0 Å². The average Bonchev–Trinajstić information content (AvgIpc) is 2.03. The summed E-state index contributed by atoms with van der Waals surface area (Å²) in [6, 6.07) is 4.01. The first kappa shape index (κ1) is 8.47. The molecule has 0 aliphatic heterocycles. The van der Waals surface area contributed by atoms with E-state index < -0.39 is 12.5 Å². The molecule has 11 heavy (non-hydrogen) atoms. The molecule has 0 spiro atoms. The predicted octanol–water partition coefficient (Wildman–Crippen LogP) is 3.03. The monoisotopic (exact) mass is 176 g/mol. The van der Waals surface area contributed by atoms with E-state index in [2.05, 4.69) is 0 Å². The van der Waals surface area contributed by atoms with Crippen molar-refractivity contribution in [3.05, 3.63) is 35.1 Å². The van der Waals surface area contributed by atoms with Gasteiger partial charge in [0.2, 0.25) is 0 Å². The van der Waals surface area contributed by atoms with Crippen LogP contribution in [0, 0.1) is 5.82 Å². The second-order valence-electron chi connectivity index (χ2n) is 2.23. The largest absolute Gasteiger partial charge is 0.246 e. The van der Waals surface area contributed by atoms with Crippen molar-refractivity contribution in [3.8, 4) is 0 Å². The number of rotatable bonds is 2. The lowest BCUT2D eigenvalue weighted by Crippen LogP contribution is -1.86. The van der Waals surface area contributed by atoms with E-state index in [4.69, 9.17) is 11.6 Å². The molecule has 0 fully saturated rings. The molecule has 1 rings (SSSR count). The van der Waals surface area contributed by atoms with Crippen LogP contribution in [0.25, 0.3) is 0 Å². The van der Waals surface area contributed by atoms with Crippen molar-refractivity contribution in [2.24, 2.45) is 0 Å². The van der Waals surface area contributed by atoms with Gasteiger partial charge in [-0.25, -0.2) is 8.78 Å². The average molecular weight is 177 g/mol. The standard InChI is InChI=1S/C8H7ClF2/c9-4-6-1-7(5-10)3-8(11)2-6/h1-3H,4-5H2. The van der Waals surface area contributed by atoms with Gasteiger partial charge in [-0.1, -0.05) is 6.07 Å². The Morgan fingerprint density at radius 2 is 1.82 bits per heavy atom. The molecular formula is C8H7ClF2. The lowest BCUT2D eigenvalue weighted by molar-refractivity contribution is 0.482. The molecule has 3 heteroatoms. The SMILES string of the molecule is FCc1cc(F)cc(CCl)c1. The summed E-state index contributed by atoms with van der Waals surface area (Å²) in [5, 5.41) is 0. The van der Waals surface area contributed by atoms with Crippen LogP contribution in [0.2, 0.25) is 0 Å². The summed E-state index contributed by atoms with van der Waals surface area (Å²) in [7, 11) is 0. The molecule has 0 aliphatic rings. The van der Waals surface area contributed by atoms with Crippen LogP contribution in [0.1, 0.15) is 11.1 Å². The Hall–Kier alpha value is -0.630. The minimum atomic E-state index is -0.651. The Labute approximate surface area is 68.8 Å². The fourth-order valence-electron chi connectivity index (χ4n) is 0.872. The van der Waals surface area contributed by atoms with Gasteiger partial charge in [0.1, 0.15) is 12.5 Å². The van der Waals surface area contributed by atoms with Crippen molar-refractivity contribution < 1.29 is 8.78 Å². The third-order valence-electron chi connectivity index (χ3n) is 1.33. The van der Waals surface area contributed by atoms with Crippen LogP contribution in [-0.2, 0) is 12.6 Å². The van der Waals surface area contributed by atoms with E-state index >= 15 is 0 Å². The van der Waals surface area contributed by atoms with Crippen LogP contribution < -0.4 is 0 Å². The number of hydrogen-bond acceptors (Lipinski definition) is 0. The smallest absolute Gasteiger partial charge is 0.123 e. The molecule has 0 bridgehead atoms. The maximum absolute atomic E-state index is 12.6.